The van der Waals surface area contributed by atoms with E-state index in [-0.39, 0.29) is 5.91 Å². The molecule has 1 aromatic heterocycles. The van der Waals surface area contributed by atoms with E-state index in [1.807, 2.05) is 47.8 Å². The van der Waals surface area contributed by atoms with Crippen molar-refractivity contribution in [2.24, 2.45) is 0 Å². The normalized spacial score (nSPS) is 10.2. The average molecular weight is 338 g/mol. The lowest BCUT2D eigenvalue weighted by molar-refractivity contribution is 0.102. The molecular weight excluding hydrogens is 320 g/mol. The highest BCUT2D eigenvalue weighted by Gasteiger charge is 2.10. The van der Waals surface area contributed by atoms with E-state index < -0.39 is 0 Å². The fraction of sp³-hybridized carbons (Fsp3) is 0.105. The molecule has 1 amide bonds. The van der Waals surface area contributed by atoms with Gasteiger partial charge in [0, 0.05) is 22.7 Å². The monoisotopic (exact) mass is 338 g/mol. The van der Waals surface area contributed by atoms with Gasteiger partial charge in [-0.15, -0.1) is 11.3 Å². The van der Waals surface area contributed by atoms with Gasteiger partial charge in [-0.2, -0.15) is 0 Å². The Morgan fingerprint density at radius 1 is 1.08 bits per heavy atom. The molecule has 0 aliphatic heterocycles. The van der Waals surface area contributed by atoms with Gasteiger partial charge in [-0.3, -0.25) is 4.79 Å². The molecule has 122 valence electrons. The number of thiophene rings is 1. The van der Waals surface area contributed by atoms with Gasteiger partial charge in [0.1, 0.15) is 5.75 Å². The van der Waals surface area contributed by atoms with Gasteiger partial charge in [0.25, 0.3) is 5.91 Å². The first-order valence-electron chi connectivity index (χ1n) is 7.57. The molecule has 0 saturated carbocycles. The lowest BCUT2D eigenvalue weighted by Gasteiger charge is -2.12. The van der Waals surface area contributed by atoms with Crippen LogP contribution >= 0.6 is 11.3 Å². The highest BCUT2D eigenvalue weighted by molar-refractivity contribution is 7.09. The van der Waals surface area contributed by atoms with Crippen molar-refractivity contribution in [2.75, 3.05) is 17.7 Å². The summed E-state index contributed by atoms with van der Waals surface area (Å²) >= 11 is 1.69. The Kier molecular flexibility index (Phi) is 5.13. The van der Waals surface area contributed by atoms with Crippen LogP contribution in [0, 0.1) is 0 Å². The van der Waals surface area contributed by atoms with E-state index in [9.17, 15) is 4.79 Å². The molecule has 2 N–H and O–H groups in total. The third kappa shape index (κ3) is 3.94. The summed E-state index contributed by atoms with van der Waals surface area (Å²) in [6.07, 6.45) is 0. The van der Waals surface area contributed by atoms with Gasteiger partial charge in [0.15, 0.2) is 0 Å². The van der Waals surface area contributed by atoms with Crippen LogP contribution < -0.4 is 15.4 Å². The van der Waals surface area contributed by atoms with Crippen LogP contribution in [0.15, 0.2) is 66.0 Å². The largest absolute Gasteiger partial charge is 0.495 e. The van der Waals surface area contributed by atoms with E-state index in [0.29, 0.717) is 17.9 Å². The molecule has 0 atom stereocenters. The first-order chi connectivity index (χ1) is 11.8. The highest BCUT2D eigenvalue weighted by Crippen LogP contribution is 2.27. The Labute approximate surface area is 145 Å². The molecule has 0 unspecified atom stereocenters. The minimum Gasteiger partial charge on any atom is -0.495 e. The number of carbonyl (C=O) groups is 1. The summed E-state index contributed by atoms with van der Waals surface area (Å²) in [4.78, 5) is 13.6. The predicted octanol–water partition coefficient (Wildman–Crippen LogP) is 4.62. The third-order valence-corrected chi connectivity index (χ3v) is 4.40. The maximum atomic E-state index is 12.4. The Morgan fingerprint density at radius 2 is 1.92 bits per heavy atom. The average Bonchev–Trinajstić information content (AvgIpc) is 3.14. The number of para-hydroxylation sites is 1. The Morgan fingerprint density at radius 3 is 2.62 bits per heavy atom. The van der Waals surface area contributed by atoms with E-state index in [0.717, 1.165) is 11.4 Å². The van der Waals surface area contributed by atoms with E-state index in [1.54, 1.807) is 30.6 Å². The predicted molar refractivity (Wildman–Crippen MR) is 99.0 cm³/mol. The minimum absolute atomic E-state index is 0.150. The second kappa shape index (κ2) is 7.66. The van der Waals surface area contributed by atoms with Crippen LogP contribution in [-0.4, -0.2) is 13.0 Å². The molecule has 0 radical (unpaired) electrons. The number of anilines is 2. The molecule has 3 aromatic rings. The van der Waals surface area contributed by atoms with Gasteiger partial charge >= 0.3 is 0 Å². The highest BCUT2D eigenvalue weighted by atomic mass is 32.1. The topological polar surface area (TPSA) is 50.4 Å². The van der Waals surface area contributed by atoms with Gasteiger partial charge in [0.05, 0.1) is 12.8 Å². The Bertz CT molecular complexity index is 801. The quantitative estimate of drug-likeness (QED) is 0.689. The van der Waals surface area contributed by atoms with Crippen molar-refractivity contribution in [1.29, 1.82) is 0 Å². The molecule has 3 rings (SSSR count). The van der Waals surface area contributed by atoms with Crippen molar-refractivity contribution in [3.63, 3.8) is 0 Å². The lowest BCUT2D eigenvalue weighted by Crippen LogP contribution is -2.12. The maximum Gasteiger partial charge on any atom is 0.255 e. The zero-order chi connectivity index (χ0) is 16.8. The summed E-state index contributed by atoms with van der Waals surface area (Å²) in [6, 6.07) is 18.9. The van der Waals surface area contributed by atoms with E-state index in [2.05, 4.69) is 16.7 Å². The number of benzene rings is 2. The number of ether oxygens (including phenoxy) is 1. The Balaban J connectivity index is 1.76. The van der Waals surface area contributed by atoms with Crippen molar-refractivity contribution in [2.45, 2.75) is 6.54 Å². The standard InChI is InChI=1S/C19H18N2O2S/c1-23-18-10-9-14(19(22)21-15-6-3-2-4-7-15)12-17(18)20-13-16-8-5-11-24-16/h2-12,20H,13H2,1H3,(H,21,22). The number of hydrogen-bond donors (Lipinski definition) is 2. The fourth-order valence-electron chi connectivity index (χ4n) is 2.31. The SMILES string of the molecule is COc1ccc(C(=O)Nc2ccccc2)cc1NCc1cccs1. The van der Waals surface area contributed by atoms with Gasteiger partial charge in [-0.05, 0) is 41.8 Å². The van der Waals surface area contributed by atoms with Crippen LogP contribution in [0.5, 0.6) is 5.75 Å². The van der Waals surface area contributed by atoms with Gasteiger partial charge < -0.3 is 15.4 Å². The van der Waals surface area contributed by atoms with Crippen LogP contribution in [0.2, 0.25) is 0 Å². The molecule has 0 spiro atoms. The molecule has 5 heteroatoms. The summed E-state index contributed by atoms with van der Waals surface area (Å²) in [5.74, 6) is 0.561. The van der Waals surface area contributed by atoms with Crippen molar-refractivity contribution in [3.8, 4) is 5.75 Å². The van der Waals surface area contributed by atoms with Crippen LogP contribution in [0.4, 0.5) is 11.4 Å². The van der Waals surface area contributed by atoms with Crippen LogP contribution in [0.1, 0.15) is 15.2 Å². The molecule has 0 saturated heterocycles. The number of methoxy groups -OCH3 is 1. The molecule has 0 bridgehead atoms. The maximum absolute atomic E-state index is 12.4. The van der Waals surface area contributed by atoms with Crippen LogP contribution in [-0.2, 0) is 6.54 Å². The van der Waals surface area contributed by atoms with E-state index >= 15 is 0 Å². The summed E-state index contributed by atoms with van der Waals surface area (Å²) in [5, 5.41) is 8.26. The molecular formula is C19H18N2O2S. The van der Waals surface area contributed by atoms with Crippen molar-refractivity contribution in [1.82, 2.24) is 0 Å². The van der Waals surface area contributed by atoms with E-state index in [4.69, 9.17) is 4.74 Å². The zero-order valence-corrected chi connectivity index (χ0v) is 14.1. The lowest BCUT2D eigenvalue weighted by atomic mass is 10.1. The molecule has 0 fully saturated rings. The smallest absolute Gasteiger partial charge is 0.255 e. The number of rotatable bonds is 6. The van der Waals surface area contributed by atoms with E-state index in [1.165, 1.54) is 4.88 Å². The van der Waals surface area contributed by atoms with Crippen LogP contribution in [0.3, 0.4) is 0 Å². The molecule has 1 heterocycles. The zero-order valence-electron chi connectivity index (χ0n) is 13.3. The Hall–Kier alpha value is -2.79. The molecule has 24 heavy (non-hydrogen) atoms. The molecule has 2 aromatic carbocycles. The second-order valence-electron chi connectivity index (χ2n) is 5.17. The minimum atomic E-state index is -0.150. The van der Waals surface area contributed by atoms with Gasteiger partial charge in [0.2, 0.25) is 0 Å². The van der Waals surface area contributed by atoms with Gasteiger partial charge in [-0.25, -0.2) is 0 Å². The van der Waals surface area contributed by atoms with Crippen molar-refractivity contribution < 1.29 is 9.53 Å². The van der Waals surface area contributed by atoms with Gasteiger partial charge in [-0.1, -0.05) is 24.3 Å². The first kappa shape index (κ1) is 16.1. The number of hydrogen-bond acceptors (Lipinski definition) is 4. The number of nitrogens with one attached hydrogen (secondary N) is 2. The second-order valence-corrected chi connectivity index (χ2v) is 6.20. The summed E-state index contributed by atoms with van der Waals surface area (Å²) in [7, 11) is 1.62. The third-order valence-electron chi connectivity index (χ3n) is 3.53. The molecule has 0 aliphatic rings. The summed E-state index contributed by atoms with van der Waals surface area (Å²) in [6.45, 7) is 0.692. The molecule has 0 aliphatic carbocycles. The summed E-state index contributed by atoms with van der Waals surface area (Å²) < 4.78 is 5.38. The first-order valence-corrected chi connectivity index (χ1v) is 8.45. The number of carbonyl (C=O) groups excluding carboxylic acids is 1. The van der Waals surface area contributed by atoms with Crippen molar-refractivity contribution >= 4 is 28.6 Å². The fourth-order valence-corrected chi connectivity index (χ4v) is 2.95. The van der Waals surface area contributed by atoms with Crippen molar-refractivity contribution in [3.05, 3.63) is 76.5 Å². The van der Waals surface area contributed by atoms with Crippen LogP contribution in [0.25, 0.3) is 0 Å². The molecule has 4 nitrogen and oxygen atoms in total. The summed E-state index contributed by atoms with van der Waals surface area (Å²) in [5.41, 5.74) is 2.14. The number of amides is 1.